The third-order valence-corrected chi connectivity index (χ3v) is 4.18. The second kappa shape index (κ2) is 5.85. The Morgan fingerprint density at radius 2 is 2.38 bits per heavy atom. The molecule has 2 aromatic heterocycles. The molecule has 21 heavy (non-hydrogen) atoms. The van der Waals surface area contributed by atoms with Crippen LogP contribution in [0.4, 0.5) is 0 Å². The lowest BCUT2D eigenvalue weighted by atomic mass is 9.96. The van der Waals surface area contributed by atoms with Crippen LogP contribution in [0.5, 0.6) is 0 Å². The Hall–Kier alpha value is -1.88. The molecule has 1 unspecified atom stereocenters. The van der Waals surface area contributed by atoms with Crippen molar-refractivity contribution in [3.63, 3.8) is 0 Å². The van der Waals surface area contributed by atoms with Gasteiger partial charge >= 0.3 is 5.97 Å². The second-order valence-electron chi connectivity index (χ2n) is 5.67. The van der Waals surface area contributed by atoms with Gasteiger partial charge in [-0.1, -0.05) is 6.07 Å². The number of hydrogen-bond acceptors (Lipinski definition) is 4. The zero-order valence-electron chi connectivity index (χ0n) is 12.6. The smallest absolute Gasteiger partial charge is 0.358 e. The van der Waals surface area contributed by atoms with Crippen LogP contribution in [0.1, 0.15) is 34.8 Å². The summed E-state index contributed by atoms with van der Waals surface area (Å²) >= 11 is 0. The highest BCUT2D eigenvalue weighted by Gasteiger charge is 2.22. The molecular weight excluding hydrogens is 266 g/mol. The summed E-state index contributed by atoms with van der Waals surface area (Å²) in [6, 6.07) is 5.91. The van der Waals surface area contributed by atoms with Crippen molar-refractivity contribution in [3.8, 4) is 0 Å². The fraction of sp³-hybridized carbons (Fsp3) is 0.500. The highest BCUT2D eigenvalue weighted by Crippen LogP contribution is 2.21. The summed E-state index contributed by atoms with van der Waals surface area (Å²) in [4.78, 5) is 16.5. The first-order chi connectivity index (χ1) is 10.2. The van der Waals surface area contributed by atoms with Gasteiger partial charge in [0.2, 0.25) is 0 Å². The molecule has 1 fully saturated rings. The van der Waals surface area contributed by atoms with Crippen molar-refractivity contribution in [2.75, 3.05) is 20.2 Å². The fourth-order valence-corrected chi connectivity index (χ4v) is 3.12. The quantitative estimate of drug-likeness (QED) is 0.877. The van der Waals surface area contributed by atoms with Crippen molar-refractivity contribution in [1.29, 1.82) is 0 Å². The third-order valence-electron chi connectivity index (χ3n) is 4.18. The Morgan fingerprint density at radius 1 is 1.52 bits per heavy atom. The first-order valence-corrected chi connectivity index (χ1v) is 7.46. The van der Waals surface area contributed by atoms with E-state index in [1.165, 1.54) is 20.0 Å². The summed E-state index contributed by atoms with van der Waals surface area (Å²) in [7, 11) is 1.40. The number of methoxy groups -OCH3 is 1. The van der Waals surface area contributed by atoms with E-state index in [-0.39, 0.29) is 5.97 Å². The molecule has 0 bridgehead atoms. The Labute approximate surface area is 124 Å². The standard InChI is InChI=1S/C16H21N3O2/c1-11-5-3-7-13-15(16(20)21-2)18-14(19(11)13)9-12-6-4-8-17-10-12/h3,5,7,12,17H,4,6,8-10H2,1-2H3. The Kier molecular flexibility index (Phi) is 3.92. The van der Waals surface area contributed by atoms with E-state index in [0.717, 1.165) is 36.5 Å². The maximum atomic E-state index is 11.9. The molecule has 0 amide bonds. The van der Waals surface area contributed by atoms with Gasteiger partial charge in [0.25, 0.3) is 0 Å². The van der Waals surface area contributed by atoms with Gasteiger partial charge in [-0.05, 0) is 50.9 Å². The largest absolute Gasteiger partial charge is 0.464 e. The summed E-state index contributed by atoms with van der Waals surface area (Å²) in [5, 5.41) is 3.43. The molecule has 3 heterocycles. The fourth-order valence-electron chi connectivity index (χ4n) is 3.12. The van der Waals surface area contributed by atoms with Gasteiger partial charge in [0.15, 0.2) is 5.69 Å². The number of carbonyl (C=O) groups excluding carboxylic acids is 1. The molecule has 5 heteroatoms. The van der Waals surface area contributed by atoms with Crippen LogP contribution in [-0.4, -0.2) is 35.6 Å². The highest BCUT2D eigenvalue weighted by atomic mass is 16.5. The minimum absolute atomic E-state index is 0.369. The van der Waals surface area contributed by atoms with Crippen LogP contribution in [0.15, 0.2) is 18.2 Å². The van der Waals surface area contributed by atoms with Crippen molar-refractivity contribution in [2.24, 2.45) is 5.92 Å². The molecular formula is C16H21N3O2. The van der Waals surface area contributed by atoms with Crippen LogP contribution >= 0.6 is 0 Å². The number of rotatable bonds is 3. The van der Waals surface area contributed by atoms with Crippen LogP contribution in [0, 0.1) is 12.8 Å². The van der Waals surface area contributed by atoms with E-state index >= 15 is 0 Å². The van der Waals surface area contributed by atoms with Gasteiger partial charge in [-0.25, -0.2) is 9.78 Å². The highest BCUT2D eigenvalue weighted by molar-refractivity contribution is 5.95. The molecule has 112 valence electrons. The van der Waals surface area contributed by atoms with Crippen LogP contribution < -0.4 is 5.32 Å². The summed E-state index contributed by atoms with van der Waals surface area (Å²) in [5.41, 5.74) is 2.34. The number of fused-ring (bicyclic) bond motifs is 1. The van der Waals surface area contributed by atoms with Crippen LogP contribution in [0.25, 0.3) is 5.52 Å². The third kappa shape index (κ3) is 2.65. The maximum absolute atomic E-state index is 11.9. The van der Waals surface area contributed by atoms with Gasteiger partial charge < -0.3 is 14.5 Å². The average molecular weight is 287 g/mol. The van der Waals surface area contributed by atoms with Gasteiger partial charge in [-0.15, -0.1) is 0 Å². The number of esters is 1. The van der Waals surface area contributed by atoms with Gasteiger partial charge in [-0.3, -0.25) is 0 Å². The van der Waals surface area contributed by atoms with E-state index in [1.807, 2.05) is 25.1 Å². The Bertz CT molecular complexity index is 657. The molecule has 1 aliphatic heterocycles. The van der Waals surface area contributed by atoms with Crippen molar-refractivity contribution < 1.29 is 9.53 Å². The molecule has 1 atom stereocenters. The molecule has 5 nitrogen and oxygen atoms in total. The Balaban J connectivity index is 2.02. The molecule has 1 saturated heterocycles. The first kappa shape index (κ1) is 14.1. The van der Waals surface area contributed by atoms with Crippen molar-refractivity contribution in [1.82, 2.24) is 14.7 Å². The number of pyridine rings is 1. The summed E-state index contributed by atoms with van der Waals surface area (Å²) < 4.78 is 6.94. The number of aromatic nitrogens is 2. The van der Waals surface area contributed by atoms with Crippen LogP contribution in [0.3, 0.4) is 0 Å². The van der Waals surface area contributed by atoms with Crippen LogP contribution in [0.2, 0.25) is 0 Å². The van der Waals surface area contributed by atoms with Crippen molar-refractivity contribution >= 4 is 11.5 Å². The number of piperidine rings is 1. The topological polar surface area (TPSA) is 55.6 Å². The predicted molar refractivity (Wildman–Crippen MR) is 80.6 cm³/mol. The van der Waals surface area contributed by atoms with Gasteiger partial charge in [0.1, 0.15) is 5.82 Å². The minimum atomic E-state index is -0.369. The molecule has 1 N–H and O–H groups in total. The molecule has 3 rings (SSSR count). The van der Waals surface area contributed by atoms with Crippen LogP contribution in [-0.2, 0) is 11.2 Å². The number of carbonyl (C=O) groups is 1. The first-order valence-electron chi connectivity index (χ1n) is 7.46. The van der Waals surface area contributed by atoms with E-state index in [9.17, 15) is 4.79 Å². The van der Waals surface area contributed by atoms with Gasteiger partial charge in [-0.2, -0.15) is 0 Å². The molecule has 0 aliphatic carbocycles. The lowest BCUT2D eigenvalue weighted by Gasteiger charge is -2.22. The summed E-state index contributed by atoms with van der Waals surface area (Å²) in [6.45, 7) is 4.16. The minimum Gasteiger partial charge on any atom is -0.464 e. The number of imidazole rings is 1. The zero-order chi connectivity index (χ0) is 14.8. The maximum Gasteiger partial charge on any atom is 0.358 e. The monoisotopic (exact) mass is 287 g/mol. The van der Waals surface area contributed by atoms with E-state index in [2.05, 4.69) is 14.7 Å². The lowest BCUT2D eigenvalue weighted by molar-refractivity contribution is 0.0596. The van der Waals surface area contributed by atoms with E-state index in [1.54, 1.807) is 0 Å². The number of hydrogen-bond donors (Lipinski definition) is 1. The van der Waals surface area contributed by atoms with Gasteiger partial charge in [0.05, 0.1) is 12.6 Å². The molecule has 1 aliphatic rings. The number of aryl methyl sites for hydroxylation is 1. The SMILES string of the molecule is COC(=O)c1nc(CC2CCCNC2)n2c(C)cccc12. The molecule has 0 spiro atoms. The molecule has 0 saturated carbocycles. The van der Waals surface area contributed by atoms with Gasteiger partial charge in [0, 0.05) is 12.1 Å². The number of ether oxygens (including phenoxy) is 1. The second-order valence-corrected chi connectivity index (χ2v) is 5.67. The van der Waals surface area contributed by atoms with Crippen molar-refractivity contribution in [2.45, 2.75) is 26.2 Å². The molecule has 2 aromatic rings. The normalized spacial score (nSPS) is 18.9. The molecule has 0 radical (unpaired) electrons. The van der Waals surface area contributed by atoms with Crippen molar-refractivity contribution in [3.05, 3.63) is 35.4 Å². The van der Waals surface area contributed by atoms with E-state index < -0.39 is 0 Å². The lowest BCUT2D eigenvalue weighted by Crippen LogP contribution is -2.31. The molecule has 0 aromatic carbocycles. The van der Waals surface area contributed by atoms with E-state index in [0.29, 0.717) is 11.6 Å². The number of nitrogens with zero attached hydrogens (tertiary/aromatic N) is 2. The van der Waals surface area contributed by atoms with E-state index in [4.69, 9.17) is 4.74 Å². The predicted octanol–water partition coefficient (Wildman–Crippen LogP) is 1.97. The summed E-state index contributed by atoms with van der Waals surface area (Å²) in [6.07, 6.45) is 3.30. The number of nitrogens with one attached hydrogen (secondary N) is 1. The Morgan fingerprint density at radius 3 is 3.10 bits per heavy atom. The summed E-state index contributed by atoms with van der Waals surface area (Å²) in [5.74, 6) is 1.16. The average Bonchev–Trinajstić information content (AvgIpc) is 2.87. The zero-order valence-corrected chi connectivity index (χ0v) is 12.6.